The number of rotatable bonds is 8. The maximum Gasteiger partial charge on any atom is 0.411 e. The molecule has 0 saturated carbocycles. The fourth-order valence-electron chi connectivity index (χ4n) is 2.90. The number of amides is 2. The minimum Gasteiger partial charge on any atom is -0.449 e. The van der Waals surface area contributed by atoms with Crippen LogP contribution in [0.25, 0.3) is 10.4 Å². The van der Waals surface area contributed by atoms with Crippen LogP contribution < -0.4 is 16.2 Å². The minimum atomic E-state index is -0.524. The third-order valence-electron chi connectivity index (χ3n) is 4.51. The second-order valence-electron chi connectivity index (χ2n) is 7.20. The Balaban J connectivity index is 1.58. The first-order valence-electron chi connectivity index (χ1n) is 9.86. The molecule has 1 aromatic heterocycles. The molecule has 2 aromatic carbocycles. The lowest BCUT2D eigenvalue weighted by molar-refractivity contribution is 0.0987. The molecular formula is C23H26N4O3S. The average Bonchev–Trinajstić information content (AvgIpc) is 3.31. The van der Waals surface area contributed by atoms with Crippen LogP contribution in [0.15, 0.2) is 66.0 Å². The molecule has 3 N–H and O–H groups in total. The molecule has 0 atom stereocenters. The number of thiophene rings is 1. The summed E-state index contributed by atoms with van der Waals surface area (Å²) in [5.41, 5.74) is 2.55. The van der Waals surface area contributed by atoms with Crippen LogP contribution in [0.5, 0.6) is 0 Å². The molecule has 1 heterocycles. The lowest BCUT2D eigenvalue weighted by Crippen LogP contribution is -2.37. The number of carbonyl (C=O) groups excluding carboxylic acids is 2. The summed E-state index contributed by atoms with van der Waals surface area (Å²) in [5, 5.41) is 5.78. The van der Waals surface area contributed by atoms with Gasteiger partial charge in [0.15, 0.2) is 0 Å². The summed E-state index contributed by atoms with van der Waals surface area (Å²) in [6, 6.07) is 18.0. The normalized spacial score (nSPS) is 10.7. The number of ether oxygens (including phenoxy) is 1. The van der Waals surface area contributed by atoms with E-state index in [-0.39, 0.29) is 5.91 Å². The fourth-order valence-corrected chi connectivity index (χ4v) is 3.63. The van der Waals surface area contributed by atoms with Crippen molar-refractivity contribution in [3.63, 3.8) is 0 Å². The van der Waals surface area contributed by atoms with E-state index in [0.29, 0.717) is 23.5 Å². The van der Waals surface area contributed by atoms with Gasteiger partial charge >= 0.3 is 6.09 Å². The Labute approximate surface area is 186 Å². The molecule has 0 spiro atoms. The molecule has 3 aromatic rings. The SMILES string of the molecule is CN(C)CCCOC(=O)Nc1ccc(C(=O)N(N)c2cccc(-c3cccs3)c2)cc1. The van der Waals surface area contributed by atoms with E-state index >= 15 is 0 Å². The van der Waals surface area contributed by atoms with Crippen LogP contribution in [0.2, 0.25) is 0 Å². The summed E-state index contributed by atoms with van der Waals surface area (Å²) in [4.78, 5) is 27.8. The van der Waals surface area contributed by atoms with Crippen LogP contribution in [-0.4, -0.2) is 44.1 Å². The van der Waals surface area contributed by atoms with E-state index in [2.05, 4.69) is 5.32 Å². The van der Waals surface area contributed by atoms with Gasteiger partial charge in [-0.25, -0.2) is 15.6 Å². The maximum atomic E-state index is 12.8. The largest absolute Gasteiger partial charge is 0.449 e. The van der Waals surface area contributed by atoms with Crippen molar-refractivity contribution in [2.24, 2.45) is 5.84 Å². The number of nitrogens with two attached hydrogens (primary N) is 1. The van der Waals surface area contributed by atoms with Crippen molar-refractivity contribution in [2.45, 2.75) is 6.42 Å². The Hall–Kier alpha value is -3.20. The van der Waals surface area contributed by atoms with E-state index < -0.39 is 6.09 Å². The molecule has 31 heavy (non-hydrogen) atoms. The first-order chi connectivity index (χ1) is 14.9. The van der Waals surface area contributed by atoms with Crippen molar-refractivity contribution >= 4 is 34.7 Å². The van der Waals surface area contributed by atoms with Gasteiger partial charge in [0.2, 0.25) is 0 Å². The van der Waals surface area contributed by atoms with E-state index in [9.17, 15) is 9.59 Å². The summed E-state index contributed by atoms with van der Waals surface area (Å²) in [6.07, 6.45) is 0.233. The van der Waals surface area contributed by atoms with E-state index in [4.69, 9.17) is 10.6 Å². The summed E-state index contributed by atoms with van der Waals surface area (Å²) in [5.74, 6) is 5.75. The molecule has 2 amide bonds. The van der Waals surface area contributed by atoms with Crippen molar-refractivity contribution in [3.05, 3.63) is 71.6 Å². The van der Waals surface area contributed by atoms with E-state index in [0.717, 1.165) is 28.4 Å². The van der Waals surface area contributed by atoms with Crippen molar-refractivity contribution in [2.75, 3.05) is 37.6 Å². The maximum absolute atomic E-state index is 12.8. The topological polar surface area (TPSA) is 87.9 Å². The number of benzene rings is 2. The lowest BCUT2D eigenvalue weighted by atomic mass is 10.1. The monoisotopic (exact) mass is 438 g/mol. The highest BCUT2D eigenvalue weighted by atomic mass is 32.1. The number of hydrogen-bond donors (Lipinski definition) is 2. The van der Waals surface area contributed by atoms with Gasteiger partial charge in [0.1, 0.15) is 0 Å². The zero-order valence-electron chi connectivity index (χ0n) is 17.6. The molecule has 0 bridgehead atoms. The summed E-state index contributed by atoms with van der Waals surface area (Å²) < 4.78 is 5.14. The van der Waals surface area contributed by atoms with Gasteiger partial charge in [-0.2, -0.15) is 0 Å². The summed E-state index contributed by atoms with van der Waals surface area (Å²) >= 11 is 1.62. The first-order valence-corrected chi connectivity index (χ1v) is 10.7. The van der Waals surface area contributed by atoms with Crippen molar-refractivity contribution in [1.82, 2.24) is 4.90 Å². The number of carbonyl (C=O) groups is 2. The van der Waals surface area contributed by atoms with Gasteiger partial charge < -0.3 is 9.64 Å². The quantitative estimate of drug-likeness (QED) is 0.235. The zero-order chi connectivity index (χ0) is 22.2. The molecule has 0 fully saturated rings. The summed E-state index contributed by atoms with van der Waals surface area (Å²) in [7, 11) is 3.93. The van der Waals surface area contributed by atoms with E-state index in [1.165, 1.54) is 0 Å². The second-order valence-corrected chi connectivity index (χ2v) is 8.15. The highest BCUT2D eigenvalue weighted by Gasteiger charge is 2.15. The molecule has 0 saturated heterocycles. The van der Waals surface area contributed by atoms with Gasteiger partial charge in [0.25, 0.3) is 5.91 Å². The van der Waals surface area contributed by atoms with Gasteiger partial charge in [0, 0.05) is 22.7 Å². The van der Waals surface area contributed by atoms with Crippen molar-refractivity contribution in [1.29, 1.82) is 0 Å². The number of nitrogens with zero attached hydrogens (tertiary/aromatic N) is 2. The fraction of sp³-hybridized carbons (Fsp3) is 0.217. The highest BCUT2D eigenvalue weighted by molar-refractivity contribution is 7.13. The third kappa shape index (κ3) is 6.39. The smallest absolute Gasteiger partial charge is 0.411 e. The predicted molar refractivity (Wildman–Crippen MR) is 125 cm³/mol. The predicted octanol–water partition coefficient (Wildman–Crippen LogP) is 4.44. The van der Waals surface area contributed by atoms with Crippen LogP contribution in [0.1, 0.15) is 16.8 Å². The van der Waals surface area contributed by atoms with Gasteiger partial charge in [-0.3, -0.25) is 10.1 Å². The van der Waals surface area contributed by atoms with Crippen LogP contribution >= 0.6 is 11.3 Å². The standard InChI is InChI=1S/C23H26N4O3S/c1-26(2)13-5-14-30-23(29)25-19-11-9-17(10-12-19)22(28)27(24)20-7-3-6-18(16-20)21-8-4-15-31-21/h3-4,6-12,15-16H,5,13-14,24H2,1-2H3,(H,25,29). The van der Waals surface area contributed by atoms with Crippen LogP contribution in [0.3, 0.4) is 0 Å². The lowest BCUT2D eigenvalue weighted by Gasteiger charge is -2.18. The number of anilines is 2. The first kappa shape index (κ1) is 22.5. The molecule has 7 nitrogen and oxygen atoms in total. The molecule has 8 heteroatoms. The highest BCUT2D eigenvalue weighted by Crippen LogP contribution is 2.28. The number of nitrogens with one attached hydrogen (secondary N) is 1. The van der Waals surface area contributed by atoms with Crippen molar-refractivity contribution in [3.8, 4) is 10.4 Å². The summed E-state index contributed by atoms with van der Waals surface area (Å²) in [6.45, 7) is 1.18. The van der Waals surface area contributed by atoms with Crippen LogP contribution in [0, 0.1) is 0 Å². The van der Waals surface area contributed by atoms with Crippen LogP contribution in [0.4, 0.5) is 16.2 Å². The van der Waals surface area contributed by atoms with Crippen LogP contribution in [-0.2, 0) is 4.74 Å². The van der Waals surface area contributed by atoms with Gasteiger partial charge in [-0.05, 0) is 73.9 Å². The van der Waals surface area contributed by atoms with Gasteiger partial charge in [-0.1, -0.05) is 18.2 Å². The Bertz CT molecular complexity index is 1000. The number of hydrogen-bond acceptors (Lipinski definition) is 6. The zero-order valence-corrected chi connectivity index (χ0v) is 18.4. The van der Waals surface area contributed by atoms with Gasteiger partial charge in [0.05, 0.1) is 12.3 Å². The van der Waals surface area contributed by atoms with E-state index in [1.807, 2.05) is 54.7 Å². The van der Waals surface area contributed by atoms with Gasteiger partial charge in [-0.15, -0.1) is 11.3 Å². The number of hydrazine groups is 1. The Morgan fingerprint density at radius 2 is 1.84 bits per heavy atom. The second kappa shape index (κ2) is 10.7. The third-order valence-corrected chi connectivity index (χ3v) is 5.43. The Kier molecular flexibility index (Phi) is 7.77. The molecule has 3 rings (SSSR count). The molecule has 0 aliphatic heterocycles. The van der Waals surface area contributed by atoms with E-state index in [1.54, 1.807) is 41.7 Å². The average molecular weight is 439 g/mol. The molecule has 0 aliphatic rings. The Morgan fingerprint density at radius 1 is 1.06 bits per heavy atom. The molecule has 0 unspecified atom stereocenters. The molecule has 0 aliphatic carbocycles. The molecule has 162 valence electrons. The molecular weight excluding hydrogens is 412 g/mol. The Morgan fingerprint density at radius 3 is 2.52 bits per heavy atom. The minimum absolute atomic E-state index is 0.341. The molecule has 0 radical (unpaired) electrons. The van der Waals surface area contributed by atoms with Crippen molar-refractivity contribution < 1.29 is 14.3 Å².